The van der Waals surface area contributed by atoms with Gasteiger partial charge in [-0.1, -0.05) is 31.5 Å². The minimum Gasteiger partial charge on any atom is -0.397 e. The Morgan fingerprint density at radius 3 is 2.45 bits per heavy atom. The number of amides is 3. The normalized spacial score (nSPS) is 10.2. The summed E-state index contributed by atoms with van der Waals surface area (Å²) >= 11 is 0. The van der Waals surface area contributed by atoms with Gasteiger partial charge in [-0.2, -0.15) is 5.26 Å². The predicted molar refractivity (Wildman–Crippen MR) is 129 cm³/mol. The molecule has 0 aliphatic rings. The molecular formula is C25H26N6O2. The van der Waals surface area contributed by atoms with E-state index in [0.717, 1.165) is 18.4 Å². The first-order chi connectivity index (χ1) is 16.0. The molecule has 0 aliphatic carbocycles. The van der Waals surface area contributed by atoms with Crippen molar-refractivity contribution in [2.75, 3.05) is 22.9 Å². The number of carbonyl (C=O) groups is 2. The van der Waals surface area contributed by atoms with Crippen molar-refractivity contribution in [3.63, 3.8) is 0 Å². The molecule has 0 saturated carbocycles. The summed E-state index contributed by atoms with van der Waals surface area (Å²) in [5.41, 5.74) is 9.07. The Bertz CT molecular complexity index is 1140. The number of carbonyl (C=O) groups excluding carboxylic acids is 2. The van der Waals surface area contributed by atoms with Crippen LogP contribution in [0.15, 0.2) is 66.9 Å². The van der Waals surface area contributed by atoms with Gasteiger partial charge in [0.2, 0.25) is 0 Å². The number of nitrogens with zero attached hydrogens (tertiary/aromatic N) is 3. The Hall–Kier alpha value is -4.38. The summed E-state index contributed by atoms with van der Waals surface area (Å²) in [5.74, 6) is -0.360. The van der Waals surface area contributed by atoms with E-state index in [-0.39, 0.29) is 17.6 Å². The number of hydrogen-bond acceptors (Lipinski definition) is 5. The zero-order valence-corrected chi connectivity index (χ0v) is 18.4. The van der Waals surface area contributed by atoms with Gasteiger partial charge in [0.05, 0.1) is 23.0 Å². The first-order valence-electron chi connectivity index (χ1n) is 10.7. The first-order valence-corrected chi connectivity index (χ1v) is 10.7. The van der Waals surface area contributed by atoms with Gasteiger partial charge in [-0.25, -0.2) is 4.79 Å². The van der Waals surface area contributed by atoms with E-state index < -0.39 is 0 Å². The summed E-state index contributed by atoms with van der Waals surface area (Å²) in [6.07, 6.45) is 3.39. The third kappa shape index (κ3) is 6.55. The van der Waals surface area contributed by atoms with Crippen molar-refractivity contribution in [1.82, 2.24) is 9.88 Å². The summed E-state index contributed by atoms with van der Waals surface area (Å²) < 4.78 is 0. The van der Waals surface area contributed by atoms with Gasteiger partial charge in [-0.05, 0) is 54.4 Å². The lowest BCUT2D eigenvalue weighted by Crippen LogP contribution is -2.35. The van der Waals surface area contributed by atoms with Crippen LogP contribution in [-0.4, -0.2) is 28.4 Å². The van der Waals surface area contributed by atoms with Gasteiger partial charge < -0.3 is 21.3 Å². The van der Waals surface area contributed by atoms with E-state index in [1.807, 2.05) is 0 Å². The van der Waals surface area contributed by atoms with Crippen molar-refractivity contribution in [2.45, 2.75) is 26.3 Å². The van der Waals surface area contributed by atoms with Gasteiger partial charge in [0.1, 0.15) is 5.69 Å². The van der Waals surface area contributed by atoms with Crippen LogP contribution in [0.4, 0.5) is 21.9 Å². The third-order valence-electron chi connectivity index (χ3n) is 4.97. The summed E-state index contributed by atoms with van der Waals surface area (Å²) in [6.45, 7) is 2.99. The molecule has 0 bridgehead atoms. The highest BCUT2D eigenvalue weighted by Gasteiger charge is 2.15. The molecule has 0 aliphatic heterocycles. The van der Waals surface area contributed by atoms with Crippen LogP contribution in [0, 0.1) is 11.3 Å². The minimum absolute atomic E-state index is 0.241. The van der Waals surface area contributed by atoms with Crippen molar-refractivity contribution in [1.29, 1.82) is 5.26 Å². The number of nitrogens with two attached hydrogens (primary N) is 1. The Morgan fingerprint density at radius 2 is 1.82 bits per heavy atom. The van der Waals surface area contributed by atoms with Gasteiger partial charge in [-0.3, -0.25) is 9.78 Å². The Balaban J connectivity index is 1.65. The second kappa shape index (κ2) is 11.3. The van der Waals surface area contributed by atoms with E-state index in [9.17, 15) is 9.59 Å². The van der Waals surface area contributed by atoms with Crippen LogP contribution in [-0.2, 0) is 6.54 Å². The zero-order chi connectivity index (χ0) is 23.6. The van der Waals surface area contributed by atoms with Crippen molar-refractivity contribution in [3.05, 3.63) is 83.7 Å². The van der Waals surface area contributed by atoms with Crippen LogP contribution in [0.2, 0.25) is 0 Å². The highest BCUT2D eigenvalue weighted by molar-refractivity contribution is 6.04. The largest absolute Gasteiger partial charge is 0.397 e. The fourth-order valence-electron chi connectivity index (χ4n) is 3.10. The standard InChI is InChI=1S/C25H26N6O2/c1-2-3-14-31(25(33)29-20-11-8-18(15-26)9-12-20)17-19-10-13-23(28-16-19)24(32)30-22-7-5-4-6-21(22)27/h4-13,16H,2-3,14,17,27H2,1H3,(H,29,33)(H,30,32). The predicted octanol–water partition coefficient (Wildman–Crippen LogP) is 4.62. The molecule has 33 heavy (non-hydrogen) atoms. The van der Waals surface area contributed by atoms with E-state index in [4.69, 9.17) is 11.0 Å². The highest BCUT2D eigenvalue weighted by atomic mass is 16.2. The minimum atomic E-state index is -0.360. The van der Waals surface area contributed by atoms with Crippen LogP contribution >= 0.6 is 0 Å². The maximum absolute atomic E-state index is 12.8. The number of unbranched alkanes of at least 4 members (excludes halogenated alkanes) is 1. The lowest BCUT2D eigenvalue weighted by Gasteiger charge is -2.23. The number of hydrogen-bond donors (Lipinski definition) is 3. The number of nitrogens with one attached hydrogen (secondary N) is 2. The van der Waals surface area contributed by atoms with E-state index >= 15 is 0 Å². The number of aromatic nitrogens is 1. The number of rotatable bonds is 8. The Kier molecular flexibility index (Phi) is 7.97. The van der Waals surface area contributed by atoms with Crippen LogP contribution in [0.1, 0.15) is 41.4 Å². The molecule has 0 unspecified atom stereocenters. The average Bonchev–Trinajstić information content (AvgIpc) is 2.84. The summed E-state index contributed by atoms with van der Waals surface area (Å²) in [4.78, 5) is 31.3. The SMILES string of the molecule is CCCCN(Cc1ccc(C(=O)Nc2ccccc2N)nc1)C(=O)Nc1ccc(C#N)cc1. The van der Waals surface area contributed by atoms with Crippen LogP contribution in [0.5, 0.6) is 0 Å². The molecule has 168 valence electrons. The van der Waals surface area contributed by atoms with Crippen molar-refractivity contribution >= 4 is 29.0 Å². The number of benzene rings is 2. The topological polar surface area (TPSA) is 124 Å². The molecule has 3 aromatic rings. The number of nitrogen functional groups attached to an aromatic ring is 1. The Labute approximate surface area is 193 Å². The molecule has 3 rings (SSSR count). The van der Waals surface area contributed by atoms with Gasteiger partial charge in [0, 0.05) is 25.0 Å². The molecule has 4 N–H and O–H groups in total. The van der Waals surface area contributed by atoms with Crippen molar-refractivity contribution in [3.8, 4) is 6.07 Å². The summed E-state index contributed by atoms with van der Waals surface area (Å²) in [5, 5.41) is 14.5. The maximum Gasteiger partial charge on any atom is 0.322 e. The van der Waals surface area contributed by atoms with Crippen molar-refractivity contribution in [2.24, 2.45) is 0 Å². The molecule has 1 aromatic heterocycles. The summed E-state index contributed by atoms with van der Waals surface area (Å²) in [7, 11) is 0. The zero-order valence-electron chi connectivity index (χ0n) is 18.4. The van der Waals surface area contributed by atoms with Crippen LogP contribution in [0.25, 0.3) is 0 Å². The van der Waals surface area contributed by atoms with E-state index in [1.165, 1.54) is 0 Å². The van der Waals surface area contributed by atoms with Gasteiger partial charge in [0.25, 0.3) is 5.91 Å². The number of urea groups is 1. The van der Waals surface area contributed by atoms with Gasteiger partial charge in [-0.15, -0.1) is 0 Å². The first kappa shape index (κ1) is 23.3. The maximum atomic E-state index is 12.8. The average molecular weight is 443 g/mol. The third-order valence-corrected chi connectivity index (χ3v) is 4.97. The number of anilines is 3. The molecule has 1 heterocycles. The number of nitriles is 1. The molecular weight excluding hydrogens is 416 g/mol. The molecule has 0 saturated heterocycles. The molecule has 2 aromatic carbocycles. The second-order valence-electron chi connectivity index (χ2n) is 7.49. The molecule has 0 atom stereocenters. The fourth-order valence-corrected chi connectivity index (χ4v) is 3.10. The van der Waals surface area contributed by atoms with Gasteiger partial charge >= 0.3 is 6.03 Å². The van der Waals surface area contributed by atoms with E-state index in [1.54, 1.807) is 71.8 Å². The molecule has 0 radical (unpaired) electrons. The highest BCUT2D eigenvalue weighted by Crippen LogP contribution is 2.18. The summed E-state index contributed by atoms with van der Waals surface area (Å²) in [6, 6.07) is 18.9. The monoisotopic (exact) mass is 442 g/mol. The van der Waals surface area contributed by atoms with E-state index in [2.05, 4.69) is 28.6 Å². The lowest BCUT2D eigenvalue weighted by atomic mass is 10.2. The number of pyridine rings is 1. The molecule has 0 fully saturated rings. The lowest BCUT2D eigenvalue weighted by molar-refractivity contribution is 0.102. The van der Waals surface area contributed by atoms with Gasteiger partial charge in [0.15, 0.2) is 0 Å². The van der Waals surface area contributed by atoms with Crippen molar-refractivity contribution < 1.29 is 9.59 Å². The Morgan fingerprint density at radius 1 is 1.06 bits per heavy atom. The second-order valence-corrected chi connectivity index (χ2v) is 7.49. The van der Waals surface area contributed by atoms with E-state index in [0.29, 0.717) is 35.7 Å². The molecule has 8 nitrogen and oxygen atoms in total. The molecule has 8 heteroatoms. The van der Waals surface area contributed by atoms with Crippen LogP contribution < -0.4 is 16.4 Å². The fraction of sp³-hybridized carbons (Fsp3) is 0.200. The molecule has 3 amide bonds. The smallest absolute Gasteiger partial charge is 0.322 e. The van der Waals surface area contributed by atoms with Crippen LogP contribution in [0.3, 0.4) is 0 Å². The quantitative estimate of drug-likeness (QED) is 0.439. The number of para-hydroxylation sites is 2. The molecule has 0 spiro atoms.